The van der Waals surface area contributed by atoms with Crippen molar-refractivity contribution in [3.8, 4) is 0 Å². The van der Waals surface area contributed by atoms with Gasteiger partial charge in [0.1, 0.15) is 0 Å². The summed E-state index contributed by atoms with van der Waals surface area (Å²) >= 11 is 0. The fourth-order valence-corrected chi connectivity index (χ4v) is 2.84. The summed E-state index contributed by atoms with van der Waals surface area (Å²) in [7, 11) is 0. The van der Waals surface area contributed by atoms with Gasteiger partial charge in [-0.2, -0.15) is 0 Å². The summed E-state index contributed by atoms with van der Waals surface area (Å²) in [5.41, 5.74) is 3.99. The Hall–Kier alpha value is -1.39. The molecule has 1 saturated heterocycles. The van der Waals surface area contributed by atoms with E-state index in [1.807, 2.05) is 24.3 Å². The molecule has 0 radical (unpaired) electrons. The molecule has 1 aromatic rings. The number of benzene rings is 1. The van der Waals surface area contributed by atoms with Crippen LogP contribution < -0.4 is 11.3 Å². The topological polar surface area (TPSA) is 58.4 Å². The summed E-state index contributed by atoms with van der Waals surface area (Å²) in [6.07, 6.45) is 3.88. The molecule has 1 heterocycles. The van der Waals surface area contributed by atoms with Crippen LogP contribution in [0, 0.1) is 0 Å². The lowest BCUT2D eigenvalue weighted by atomic mass is 9.96. The fourth-order valence-electron chi connectivity index (χ4n) is 2.84. The Morgan fingerprint density at radius 1 is 1.26 bits per heavy atom. The number of nitrogen functional groups attached to an aromatic ring is 1. The molecule has 0 aromatic heterocycles. The number of amides is 1. The van der Waals surface area contributed by atoms with E-state index in [4.69, 9.17) is 5.84 Å². The van der Waals surface area contributed by atoms with Crippen LogP contribution in [0.4, 0.5) is 0 Å². The summed E-state index contributed by atoms with van der Waals surface area (Å²) in [5, 5.41) is 0. The molecular weight excluding hydrogens is 238 g/mol. The highest BCUT2D eigenvalue weighted by atomic mass is 16.2. The van der Waals surface area contributed by atoms with E-state index in [0.29, 0.717) is 17.6 Å². The maximum Gasteiger partial charge on any atom is 0.265 e. The van der Waals surface area contributed by atoms with E-state index in [9.17, 15) is 4.79 Å². The average molecular weight is 261 g/mol. The predicted molar refractivity (Wildman–Crippen MR) is 76.4 cm³/mol. The van der Waals surface area contributed by atoms with Gasteiger partial charge >= 0.3 is 0 Å². The van der Waals surface area contributed by atoms with Crippen LogP contribution in [0.25, 0.3) is 0 Å². The van der Waals surface area contributed by atoms with Gasteiger partial charge in [-0.3, -0.25) is 15.1 Å². The van der Waals surface area contributed by atoms with Crippen molar-refractivity contribution >= 4 is 5.91 Å². The number of rotatable bonds is 3. The zero-order valence-corrected chi connectivity index (χ0v) is 11.7. The Morgan fingerprint density at radius 3 is 2.37 bits per heavy atom. The molecule has 104 valence electrons. The van der Waals surface area contributed by atoms with Gasteiger partial charge in [0.05, 0.1) is 0 Å². The molecule has 0 unspecified atom stereocenters. The smallest absolute Gasteiger partial charge is 0.265 e. The molecule has 4 heteroatoms. The zero-order chi connectivity index (χ0) is 13.8. The molecule has 0 aliphatic carbocycles. The fraction of sp³-hybridized carbons (Fsp3) is 0.533. The van der Waals surface area contributed by atoms with Gasteiger partial charge < -0.3 is 0 Å². The van der Waals surface area contributed by atoms with E-state index in [-0.39, 0.29) is 5.91 Å². The number of nitrogens with two attached hydrogens (primary N) is 1. The monoisotopic (exact) mass is 261 g/mol. The van der Waals surface area contributed by atoms with Crippen molar-refractivity contribution in [1.29, 1.82) is 0 Å². The van der Waals surface area contributed by atoms with Gasteiger partial charge in [0.25, 0.3) is 5.91 Å². The van der Waals surface area contributed by atoms with Crippen LogP contribution in [0.1, 0.15) is 49.0 Å². The van der Waals surface area contributed by atoms with Crippen LogP contribution in [-0.2, 0) is 6.54 Å². The number of hydrogen-bond acceptors (Lipinski definition) is 3. The van der Waals surface area contributed by atoms with Gasteiger partial charge in [0.15, 0.2) is 0 Å². The maximum atomic E-state index is 11.4. The largest absolute Gasteiger partial charge is 0.294 e. The second-order valence-corrected chi connectivity index (χ2v) is 5.47. The van der Waals surface area contributed by atoms with Gasteiger partial charge in [-0.15, -0.1) is 0 Å². The third kappa shape index (κ3) is 3.33. The summed E-state index contributed by atoms with van der Waals surface area (Å²) in [6, 6.07) is 8.96. The first kappa shape index (κ1) is 14.0. The molecule has 19 heavy (non-hydrogen) atoms. The van der Waals surface area contributed by atoms with Crippen molar-refractivity contribution in [2.75, 3.05) is 0 Å². The lowest BCUT2D eigenvalue weighted by Gasteiger charge is -2.39. The summed E-state index contributed by atoms with van der Waals surface area (Å²) in [5.74, 6) is 4.88. The van der Waals surface area contributed by atoms with Crippen LogP contribution in [0.2, 0.25) is 0 Å². The molecule has 0 bridgehead atoms. The number of likely N-dealkylation sites (tertiary alicyclic amines) is 1. The van der Waals surface area contributed by atoms with Crippen molar-refractivity contribution in [3.63, 3.8) is 0 Å². The van der Waals surface area contributed by atoms with E-state index < -0.39 is 0 Å². The Morgan fingerprint density at radius 2 is 1.84 bits per heavy atom. The van der Waals surface area contributed by atoms with E-state index in [1.54, 1.807) is 0 Å². The average Bonchev–Trinajstić information content (AvgIpc) is 2.43. The molecule has 1 amide bonds. The first-order valence-electron chi connectivity index (χ1n) is 6.97. The Bertz CT molecular complexity index is 420. The highest BCUT2D eigenvalue weighted by Gasteiger charge is 2.24. The quantitative estimate of drug-likeness (QED) is 0.497. The Labute approximate surface area is 114 Å². The molecular formula is C15H23N3O. The van der Waals surface area contributed by atoms with Gasteiger partial charge in [-0.25, -0.2) is 5.84 Å². The lowest BCUT2D eigenvalue weighted by Crippen LogP contribution is -2.42. The number of nitrogens with one attached hydrogen (secondary N) is 1. The van der Waals surface area contributed by atoms with Gasteiger partial charge in [0.2, 0.25) is 0 Å². The van der Waals surface area contributed by atoms with Gasteiger partial charge in [0, 0.05) is 24.2 Å². The zero-order valence-electron chi connectivity index (χ0n) is 11.7. The number of hydrazine groups is 1. The Balaban J connectivity index is 2.04. The number of hydrogen-bond donors (Lipinski definition) is 2. The predicted octanol–water partition coefficient (Wildman–Crippen LogP) is 2.05. The second-order valence-electron chi connectivity index (χ2n) is 5.47. The first-order chi connectivity index (χ1) is 9.11. The molecule has 1 aliphatic heterocycles. The minimum atomic E-state index is -0.244. The summed E-state index contributed by atoms with van der Waals surface area (Å²) in [6.45, 7) is 5.55. The number of nitrogens with zero attached hydrogens (tertiary/aromatic N) is 1. The van der Waals surface area contributed by atoms with Crippen LogP contribution >= 0.6 is 0 Å². The van der Waals surface area contributed by atoms with Crippen LogP contribution in [-0.4, -0.2) is 22.9 Å². The van der Waals surface area contributed by atoms with E-state index in [1.165, 1.54) is 24.8 Å². The molecule has 2 atom stereocenters. The van der Waals surface area contributed by atoms with Crippen LogP contribution in [0.15, 0.2) is 24.3 Å². The highest BCUT2D eigenvalue weighted by molar-refractivity contribution is 5.93. The van der Waals surface area contributed by atoms with Crippen molar-refractivity contribution < 1.29 is 4.79 Å². The standard InChI is InChI=1S/C15H23N3O/c1-11-4-3-5-12(2)18(11)10-13-6-8-14(9-7-13)15(19)17-16/h6-9,11-12H,3-5,10,16H2,1-2H3,(H,17,19)/t11-,12+. The van der Waals surface area contributed by atoms with Crippen molar-refractivity contribution in [1.82, 2.24) is 10.3 Å². The van der Waals surface area contributed by atoms with Crippen molar-refractivity contribution in [3.05, 3.63) is 35.4 Å². The number of piperidine rings is 1. The van der Waals surface area contributed by atoms with Crippen LogP contribution in [0.3, 0.4) is 0 Å². The SMILES string of the molecule is C[C@@H]1CCC[C@H](C)N1Cc1ccc(C(=O)NN)cc1. The lowest BCUT2D eigenvalue weighted by molar-refractivity contribution is 0.0945. The molecule has 2 rings (SSSR count). The molecule has 0 spiro atoms. The number of carbonyl (C=O) groups excluding carboxylic acids is 1. The van der Waals surface area contributed by atoms with Gasteiger partial charge in [-0.05, 0) is 44.4 Å². The normalized spacial score (nSPS) is 24.2. The first-order valence-corrected chi connectivity index (χ1v) is 6.97. The molecule has 0 saturated carbocycles. The van der Waals surface area contributed by atoms with Crippen LogP contribution in [0.5, 0.6) is 0 Å². The third-order valence-electron chi connectivity index (χ3n) is 4.09. The van der Waals surface area contributed by atoms with Crippen molar-refractivity contribution in [2.45, 2.75) is 51.7 Å². The summed E-state index contributed by atoms with van der Waals surface area (Å²) < 4.78 is 0. The molecule has 1 fully saturated rings. The maximum absolute atomic E-state index is 11.4. The van der Waals surface area contributed by atoms with E-state index in [0.717, 1.165) is 6.54 Å². The third-order valence-corrected chi connectivity index (χ3v) is 4.09. The molecule has 4 nitrogen and oxygen atoms in total. The van der Waals surface area contributed by atoms with Crippen molar-refractivity contribution in [2.24, 2.45) is 5.84 Å². The molecule has 3 N–H and O–H groups in total. The summed E-state index contributed by atoms with van der Waals surface area (Å²) in [4.78, 5) is 13.9. The molecule has 1 aliphatic rings. The van der Waals surface area contributed by atoms with Gasteiger partial charge in [-0.1, -0.05) is 18.6 Å². The molecule has 1 aromatic carbocycles. The minimum Gasteiger partial charge on any atom is -0.294 e. The Kier molecular flexibility index (Phi) is 4.56. The second kappa shape index (κ2) is 6.17. The van der Waals surface area contributed by atoms with E-state index in [2.05, 4.69) is 24.2 Å². The van der Waals surface area contributed by atoms with E-state index >= 15 is 0 Å². The highest BCUT2D eigenvalue weighted by Crippen LogP contribution is 2.24. The minimum absolute atomic E-state index is 0.244. The number of carbonyl (C=O) groups is 1.